The molecule has 2 aromatic carbocycles. The molecule has 0 aliphatic carbocycles. The van der Waals surface area contributed by atoms with Gasteiger partial charge in [-0.25, -0.2) is 9.97 Å². The predicted molar refractivity (Wildman–Crippen MR) is 112 cm³/mol. The van der Waals surface area contributed by atoms with Gasteiger partial charge >= 0.3 is 0 Å². The van der Waals surface area contributed by atoms with Gasteiger partial charge in [0, 0.05) is 48.4 Å². The van der Waals surface area contributed by atoms with Crippen LogP contribution < -0.4 is 10.2 Å². The van der Waals surface area contributed by atoms with Crippen LogP contribution in [0.5, 0.6) is 0 Å². The average Bonchev–Trinajstić information content (AvgIpc) is 3.03. The maximum atomic E-state index is 6.30. The molecule has 0 saturated carbocycles. The van der Waals surface area contributed by atoms with Gasteiger partial charge in [-0.2, -0.15) is 0 Å². The van der Waals surface area contributed by atoms with Gasteiger partial charge in [0.2, 0.25) is 5.78 Å². The van der Waals surface area contributed by atoms with Crippen molar-refractivity contribution in [3.8, 4) is 11.3 Å². The van der Waals surface area contributed by atoms with Crippen molar-refractivity contribution in [1.29, 1.82) is 0 Å². The third-order valence-electron chi connectivity index (χ3n) is 4.50. The van der Waals surface area contributed by atoms with E-state index in [1.807, 2.05) is 55.9 Å². The molecule has 1 N–H and O–H groups in total. The van der Waals surface area contributed by atoms with Crippen LogP contribution in [0.25, 0.3) is 17.0 Å². The summed E-state index contributed by atoms with van der Waals surface area (Å²) >= 11 is 6.30. The average molecular weight is 378 g/mol. The van der Waals surface area contributed by atoms with Crippen molar-refractivity contribution >= 4 is 34.6 Å². The van der Waals surface area contributed by atoms with Crippen LogP contribution in [0.1, 0.15) is 5.56 Å². The number of halogens is 1. The maximum absolute atomic E-state index is 6.30. The molecule has 0 bridgehead atoms. The first kappa shape index (κ1) is 17.4. The normalized spacial score (nSPS) is 11.0. The number of imidazole rings is 1. The maximum Gasteiger partial charge on any atom is 0.235 e. The molecule has 27 heavy (non-hydrogen) atoms. The topological polar surface area (TPSA) is 45.5 Å². The van der Waals surface area contributed by atoms with Gasteiger partial charge in [0.05, 0.1) is 0 Å². The summed E-state index contributed by atoms with van der Waals surface area (Å²) in [7, 11) is 4.05. The quantitative estimate of drug-likeness (QED) is 0.533. The summed E-state index contributed by atoms with van der Waals surface area (Å²) in [5.74, 6) is 1.50. The van der Waals surface area contributed by atoms with Crippen molar-refractivity contribution in [1.82, 2.24) is 14.4 Å². The van der Waals surface area contributed by atoms with Crippen LogP contribution in [0, 0.1) is 6.92 Å². The van der Waals surface area contributed by atoms with Gasteiger partial charge in [-0.05, 0) is 42.8 Å². The van der Waals surface area contributed by atoms with Crippen LogP contribution >= 0.6 is 11.6 Å². The van der Waals surface area contributed by atoms with E-state index in [1.54, 1.807) is 6.20 Å². The first-order chi connectivity index (χ1) is 13.0. The fraction of sp³-hybridized carbons (Fsp3) is 0.143. The molecular weight excluding hydrogens is 358 g/mol. The zero-order valence-electron chi connectivity index (χ0n) is 15.4. The number of hydrogen-bond acceptors (Lipinski definition) is 4. The van der Waals surface area contributed by atoms with Gasteiger partial charge in [0.1, 0.15) is 11.5 Å². The number of benzene rings is 2. The second kappa shape index (κ2) is 6.93. The van der Waals surface area contributed by atoms with E-state index >= 15 is 0 Å². The van der Waals surface area contributed by atoms with E-state index in [0.717, 1.165) is 39.0 Å². The van der Waals surface area contributed by atoms with Gasteiger partial charge in [-0.15, -0.1) is 0 Å². The Balaban J connectivity index is 1.82. The third kappa shape index (κ3) is 3.34. The Morgan fingerprint density at radius 3 is 2.56 bits per heavy atom. The van der Waals surface area contributed by atoms with Gasteiger partial charge in [-0.1, -0.05) is 29.8 Å². The minimum absolute atomic E-state index is 0.643. The molecule has 0 fully saturated rings. The van der Waals surface area contributed by atoms with Gasteiger partial charge in [0.25, 0.3) is 0 Å². The third-order valence-corrected chi connectivity index (χ3v) is 4.90. The van der Waals surface area contributed by atoms with E-state index in [2.05, 4.69) is 39.5 Å². The zero-order valence-corrected chi connectivity index (χ0v) is 16.2. The first-order valence-electron chi connectivity index (χ1n) is 8.67. The van der Waals surface area contributed by atoms with Crippen molar-refractivity contribution in [3.05, 3.63) is 71.5 Å². The van der Waals surface area contributed by atoms with E-state index in [-0.39, 0.29) is 0 Å². The number of aryl methyl sites for hydroxylation is 1. The molecule has 2 heterocycles. The Morgan fingerprint density at radius 1 is 1.07 bits per heavy atom. The molecule has 0 spiro atoms. The van der Waals surface area contributed by atoms with Crippen molar-refractivity contribution in [3.63, 3.8) is 0 Å². The molecule has 5 nitrogen and oxygen atoms in total. The number of hydrogen-bond donors (Lipinski definition) is 1. The lowest BCUT2D eigenvalue weighted by atomic mass is 10.1. The lowest BCUT2D eigenvalue weighted by molar-refractivity contribution is 1.11. The van der Waals surface area contributed by atoms with Crippen LogP contribution in [-0.4, -0.2) is 28.5 Å². The van der Waals surface area contributed by atoms with E-state index in [4.69, 9.17) is 16.6 Å². The monoisotopic (exact) mass is 377 g/mol. The zero-order chi connectivity index (χ0) is 19.0. The molecule has 4 aromatic rings. The summed E-state index contributed by atoms with van der Waals surface area (Å²) in [5, 5.41) is 4.19. The molecule has 4 rings (SSSR count). The Kier molecular flexibility index (Phi) is 4.46. The highest BCUT2D eigenvalue weighted by Crippen LogP contribution is 2.32. The first-order valence-corrected chi connectivity index (χ1v) is 9.05. The highest BCUT2D eigenvalue weighted by molar-refractivity contribution is 6.31. The van der Waals surface area contributed by atoms with Gasteiger partial charge in [-0.3, -0.25) is 4.40 Å². The molecule has 2 aromatic heterocycles. The standard InChI is InChI=1S/C21H20ClN5/c1-14-5-8-16(13-18(14)22)24-20-19(25-21-23-11-4-12-27(20)21)15-6-9-17(10-7-15)26(2)3/h4-13,24H,1-3H3. The Bertz CT molecular complexity index is 1100. The van der Waals surface area contributed by atoms with Crippen LogP contribution in [0.4, 0.5) is 17.2 Å². The lowest BCUT2D eigenvalue weighted by Crippen LogP contribution is -2.07. The van der Waals surface area contributed by atoms with Crippen LogP contribution in [0.3, 0.4) is 0 Å². The summed E-state index contributed by atoms with van der Waals surface area (Å²) < 4.78 is 1.95. The molecule has 0 atom stereocenters. The molecule has 136 valence electrons. The van der Waals surface area contributed by atoms with Crippen LogP contribution in [0.15, 0.2) is 60.9 Å². The Labute approximate surface area is 163 Å². The van der Waals surface area contributed by atoms with E-state index in [9.17, 15) is 0 Å². The van der Waals surface area contributed by atoms with Crippen molar-refractivity contribution in [2.75, 3.05) is 24.3 Å². The minimum atomic E-state index is 0.643. The smallest absolute Gasteiger partial charge is 0.235 e. The second-order valence-corrected chi connectivity index (χ2v) is 7.04. The van der Waals surface area contributed by atoms with Crippen molar-refractivity contribution < 1.29 is 0 Å². The van der Waals surface area contributed by atoms with E-state index in [0.29, 0.717) is 5.78 Å². The fourth-order valence-electron chi connectivity index (χ4n) is 2.93. The molecule has 0 aliphatic rings. The van der Waals surface area contributed by atoms with E-state index < -0.39 is 0 Å². The Hall–Kier alpha value is -3.05. The second-order valence-electron chi connectivity index (χ2n) is 6.63. The summed E-state index contributed by atoms with van der Waals surface area (Å²) in [6.07, 6.45) is 3.69. The van der Waals surface area contributed by atoms with Crippen LogP contribution in [-0.2, 0) is 0 Å². The highest BCUT2D eigenvalue weighted by atomic mass is 35.5. The summed E-state index contributed by atoms with van der Waals surface area (Å²) in [5.41, 5.74) is 4.95. The molecular formula is C21H20ClN5. The number of nitrogens with zero attached hydrogens (tertiary/aromatic N) is 4. The minimum Gasteiger partial charge on any atom is -0.378 e. The number of aromatic nitrogens is 3. The van der Waals surface area contributed by atoms with E-state index in [1.165, 1.54) is 0 Å². The Morgan fingerprint density at radius 2 is 1.85 bits per heavy atom. The molecule has 0 unspecified atom stereocenters. The predicted octanol–water partition coefficient (Wildman–Crippen LogP) is 5.17. The number of rotatable bonds is 4. The number of fused-ring (bicyclic) bond motifs is 1. The molecule has 0 radical (unpaired) electrons. The van der Waals surface area contributed by atoms with Gasteiger partial charge in [0.15, 0.2) is 0 Å². The lowest BCUT2D eigenvalue weighted by Gasteiger charge is -2.13. The molecule has 0 amide bonds. The fourth-order valence-corrected chi connectivity index (χ4v) is 3.11. The number of anilines is 3. The number of nitrogens with one attached hydrogen (secondary N) is 1. The van der Waals surface area contributed by atoms with Crippen LogP contribution in [0.2, 0.25) is 5.02 Å². The van der Waals surface area contributed by atoms with Crippen molar-refractivity contribution in [2.45, 2.75) is 6.92 Å². The molecule has 6 heteroatoms. The summed E-state index contributed by atoms with van der Waals surface area (Å²) in [6.45, 7) is 1.99. The largest absolute Gasteiger partial charge is 0.378 e. The van der Waals surface area contributed by atoms with Crippen molar-refractivity contribution in [2.24, 2.45) is 0 Å². The molecule has 0 saturated heterocycles. The van der Waals surface area contributed by atoms with Gasteiger partial charge < -0.3 is 10.2 Å². The SMILES string of the molecule is Cc1ccc(Nc2c(-c3ccc(N(C)C)cc3)nc3ncccn23)cc1Cl. The summed E-state index contributed by atoms with van der Waals surface area (Å²) in [4.78, 5) is 11.2. The summed E-state index contributed by atoms with van der Waals surface area (Å²) in [6, 6.07) is 16.1. The highest BCUT2D eigenvalue weighted by Gasteiger charge is 2.15. The molecule has 0 aliphatic heterocycles.